The van der Waals surface area contributed by atoms with Crippen LogP contribution in [0.15, 0.2) is 33.2 Å². The third-order valence-corrected chi connectivity index (χ3v) is 3.70. The molecule has 0 saturated heterocycles. The van der Waals surface area contributed by atoms with Gasteiger partial charge in [-0.3, -0.25) is 4.99 Å². The minimum atomic E-state index is 0. The number of nitrogens with one attached hydrogen (secondary N) is 1. The third kappa shape index (κ3) is 5.66. The summed E-state index contributed by atoms with van der Waals surface area (Å²) in [4.78, 5) is 10.8. The average molecular weight is 420 g/mol. The van der Waals surface area contributed by atoms with Crippen LogP contribution in [0.1, 0.15) is 16.5 Å². The Hall–Kier alpha value is -1.09. The van der Waals surface area contributed by atoms with Gasteiger partial charge in [-0.25, -0.2) is 4.98 Å². The van der Waals surface area contributed by atoms with Crippen LogP contribution in [0.4, 0.5) is 0 Å². The lowest BCUT2D eigenvalue weighted by atomic mass is 10.3. The Morgan fingerprint density at radius 1 is 1.52 bits per heavy atom. The van der Waals surface area contributed by atoms with Gasteiger partial charge in [0.2, 0.25) is 0 Å². The highest BCUT2D eigenvalue weighted by molar-refractivity contribution is 14.0. The molecule has 7 heteroatoms. The van der Waals surface area contributed by atoms with E-state index in [2.05, 4.69) is 25.6 Å². The zero-order valence-electron chi connectivity index (χ0n) is 12.5. The van der Waals surface area contributed by atoms with Crippen molar-refractivity contribution in [3.63, 3.8) is 0 Å². The fourth-order valence-electron chi connectivity index (χ4n) is 1.94. The number of aryl methyl sites for hydroxylation is 1. The fraction of sp³-hybridized carbons (Fsp3) is 0.429. The molecule has 116 valence electrons. The van der Waals surface area contributed by atoms with Gasteiger partial charge in [0.1, 0.15) is 5.76 Å². The number of aliphatic imine (C=N–C) groups is 1. The second-order valence-corrected chi connectivity index (χ2v) is 5.58. The highest BCUT2D eigenvalue weighted by Gasteiger charge is 2.08. The number of hydrogen-bond donors (Lipinski definition) is 1. The van der Waals surface area contributed by atoms with Crippen LogP contribution in [0.3, 0.4) is 0 Å². The van der Waals surface area contributed by atoms with Crippen LogP contribution >= 0.6 is 35.3 Å². The molecule has 0 aliphatic heterocycles. The second-order valence-electron chi connectivity index (χ2n) is 4.52. The summed E-state index contributed by atoms with van der Waals surface area (Å²) in [5.41, 5.74) is 1.07. The van der Waals surface area contributed by atoms with E-state index in [9.17, 15) is 0 Å². The summed E-state index contributed by atoms with van der Waals surface area (Å²) in [5.74, 6) is 1.84. The number of thiazole rings is 1. The van der Waals surface area contributed by atoms with Crippen LogP contribution in [-0.2, 0) is 13.0 Å². The lowest BCUT2D eigenvalue weighted by molar-refractivity contribution is 0.465. The van der Waals surface area contributed by atoms with Crippen LogP contribution in [-0.4, -0.2) is 36.5 Å². The monoisotopic (exact) mass is 420 g/mol. The summed E-state index contributed by atoms with van der Waals surface area (Å²) in [6.45, 7) is 3.57. The van der Waals surface area contributed by atoms with Crippen molar-refractivity contribution in [3.05, 3.63) is 40.2 Å². The molecule has 0 amide bonds. The normalized spacial score (nSPS) is 11.1. The maximum absolute atomic E-state index is 5.31. The number of guanidine groups is 1. The number of aromatic nitrogens is 1. The molecule has 0 aliphatic rings. The van der Waals surface area contributed by atoms with Gasteiger partial charge in [-0.05, 0) is 19.1 Å². The van der Waals surface area contributed by atoms with E-state index >= 15 is 0 Å². The van der Waals surface area contributed by atoms with Gasteiger partial charge < -0.3 is 14.6 Å². The van der Waals surface area contributed by atoms with Crippen molar-refractivity contribution in [2.24, 2.45) is 4.99 Å². The van der Waals surface area contributed by atoms with Gasteiger partial charge in [0.15, 0.2) is 5.96 Å². The molecule has 2 aromatic rings. The summed E-state index contributed by atoms with van der Waals surface area (Å²) < 4.78 is 5.31. The molecule has 0 fully saturated rings. The number of furan rings is 1. The molecule has 0 bridgehead atoms. The molecule has 5 nitrogen and oxygen atoms in total. The Morgan fingerprint density at radius 3 is 2.90 bits per heavy atom. The lowest BCUT2D eigenvalue weighted by Gasteiger charge is -2.21. The minimum absolute atomic E-state index is 0. The van der Waals surface area contributed by atoms with Gasteiger partial charge in [0.25, 0.3) is 0 Å². The topological polar surface area (TPSA) is 53.7 Å². The molecule has 0 aromatic carbocycles. The number of halogens is 1. The molecule has 2 rings (SSSR count). The molecular weight excluding hydrogens is 399 g/mol. The first kappa shape index (κ1) is 18.0. The lowest BCUT2D eigenvalue weighted by Crippen LogP contribution is -2.39. The van der Waals surface area contributed by atoms with E-state index in [0.717, 1.165) is 41.9 Å². The van der Waals surface area contributed by atoms with Crippen molar-refractivity contribution in [3.8, 4) is 0 Å². The largest absolute Gasteiger partial charge is 0.469 e. The van der Waals surface area contributed by atoms with Crippen LogP contribution < -0.4 is 5.32 Å². The quantitative estimate of drug-likeness (QED) is 0.459. The Labute approximate surface area is 146 Å². The van der Waals surface area contributed by atoms with Crippen molar-refractivity contribution in [2.75, 3.05) is 20.6 Å². The summed E-state index contributed by atoms with van der Waals surface area (Å²) in [6, 6.07) is 3.88. The molecule has 0 spiro atoms. The molecule has 1 N–H and O–H groups in total. The first-order valence-corrected chi connectivity index (χ1v) is 7.42. The molecule has 0 atom stereocenters. The predicted molar refractivity (Wildman–Crippen MR) is 97.5 cm³/mol. The van der Waals surface area contributed by atoms with E-state index in [1.165, 1.54) is 0 Å². The smallest absolute Gasteiger partial charge is 0.193 e. The second kappa shape index (κ2) is 9.04. The molecule has 21 heavy (non-hydrogen) atoms. The van der Waals surface area contributed by atoms with E-state index < -0.39 is 0 Å². The molecule has 0 saturated carbocycles. The maximum Gasteiger partial charge on any atom is 0.193 e. The van der Waals surface area contributed by atoms with Gasteiger partial charge in [-0.2, -0.15) is 0 Å². The Bertz CT molecular complexity index is 553. The molecule has 0 unspecified atom stereocenters. The highest BCUT2D eigenvalue weighted by Crippen LogP contribution is 2.09. The Balaban J connectivity index is 0.00000220. The Morgan fingerprint density at radius 2 is 2.33 bits per heavy atom. The van der Waals surface area contributed by atoms with Gasteiger partial charge in [-0.15, -0.1) is 35.3 Å². The van der Waals surface area contributed by atoms with Crippen molar-refractivity contribution < 1.29 is 4.42 Å². The summed E-state index contributed by atoms with van der Waals surface area (Å²) in [7, 11) is 3.80. The van der Waals surface area contributed by atoms with Gasteiger partial charge in [0.05, 0.1) is 23.5 Å². The van der Waals surface area contributed by atoms with Crippen molar-refractivity contribution in [1.82, 2.24) is 15.2 Å². The molecular formula is C14H21IN4OS. The minimum Gasteiger partial charge on any atom is -0.469 e. The standard InChI is InChI=1S/C14H20N4OS.HI/c1-11-17-12(10-20-11)9-18(3)14(15-2)16-7-6-13-5-4-8-19-13;/h4-5,8,10H,6-7,9H2,1-3H3,(H,15,16);1H. The highest BCUT2D eigenvalue weighted by atomic mass is 127. The molecule has 2 heterocycles. The first-order valence-electron chi connectivity index (χ1n) is 6.54. The van der Waals surface area contributed by atoms with Gasteiger partial charge in [-0.1, -0.05) is 0 Å². The SMILES string of the molecule is CN=C(NCCc1ccco1)N(C)Cc1csc(C)n1.I. The Kier molecular flexibility index (Phi) is 7.73. The number of hydrogen-bond acceptors (Lipinski definition) is 4. The fourth-order valence-corrected chi connectivity index (χ4v) is 2.54. The summed E-state index contributed by atoms with van der Waals surface area (Å²) in [5, 5.41) is 6.50. The van der Waals surface area contributed by atoms with Crippen molar-refractivity contribution >= 4 is 41.3 Å². The van der Waals surface area contributed by atoms with E-state index in [0.29, 0.717) is 0 Å². The zero-order valence-corrected chi connectivity index (χ0v) is 15.6. The van der Waals surface area contributed by atoms with E-state index in [4.69, 9.17) is 4.42 Å². The first-order chi connectivity index (χ1) is 9.69. The molecule has 0 aliphatic carbocycles. The molecule has 0 radical (unpaired) electrons. The van der Waals surface area contributed by atoms with Crippen LogP contribution in [0.25, 0.3) is 0 Å². The third-order valence-electron chi connectivity index (χ3n) is 2.87. The predicted octanol–water partition coefficient (Wildman–Crippen LogP) is 2.91. The number of rotatable bonds is 5. The zero-order chi connectivity index (χ0) is 14.4. The van der Waals surface area contributed by atoms with Gasteiger partial charge in [0, 0.05) is 32.4 Å². The molecule has 2 aromatic heterocycles. The number of nitrogens with zero attached hydrogens (tertiary/aromatic N) is 3. The van der Waals surface area contributed by atoms with Crippen LogP contribution in [0.2, 0.25) is 0 Å². The van der Waals surface area contributed by atoms with Crippen molar-refractivity contribution in [1.29, 1.82) is 0 Å². The summed E-state index contributed by atoms with van der Waals surface area (Å²) in [6.07, 6.45) is 2.54. The van der Waals surface area contributed by atoms with E-state index in [-0.39, 0.29) is 24.0 Å². The maximum atomic E-state index is 5.31. The van der Waals surface area contributed by atoms with E-state index in [1.807, 2.05) is 26.1 Å². The van der Waals surface area contributed by atoms with Crippen molar-refractivity contribution in [2.45, 2.75) is 19.9 Å². The average Bonchev–Trinajstić information content (AvgIpc) is 3.06. The van der Waals surface area contributed by atoms with E-state index in [1.54, 1.807) is 24.6 Å². The summed E-state index contributed by atoms with van der Waals surface area (Å²) >= 11 is 1.67. The van der Waals surface area contributed by atoms with Crippen LogP contribution in [0.5, 0.6) is 0 Å². The van der Waals surface area contributed by atoms with Crippen LogP contribution in [0, 0.1) is 6.92 Å². The van der Waals surface area contributed by atoms with Gasteiger partial charge >= 0.3 is 0 Å².